The lowest BCUT2D eigenvalue weighted by Crippen LogP contribution is -2.28. The first-order valence-electron chi connectivity index (χ1n) is 9.18. The first-order valence-corrected chi connectivity index (χ1v) is 9.98. The van der Waals surface area contributed by atoms with Gasteiger partial charge < -0.3 is 15.5 Å². The molecule has 1 aromatic heterocycles. The van der Waals surface area contributed by atoms with Crippen LogP contribution in [-0.2, 0) is 16.7 Å². The van der Waals surface area contributed by atoms with Gasteiger partial charge in [-0.25, -0.2) is 0 Å². The van der Waals surface area contributed by atoms with Crippen LogP contribution in [0.25, 0.3) is 0 Å². The van der Waals surface area contributed by atoms with Gasteiger partial charge in [0.05, 0.1) is 5.71 Å². The third-order valence-electron chi connectivity index (χ3n) is 4.48. The number of aromatic nitrogens is 2. The predicted octanol–water partition coefficient (Wildman–Crippen LogP) is 3.57. The molecule has 8 nitrogen and oxygen atoms in total. The van der Waals surface area contributed by atoms with Crippen molar-refractivity contribution in [3.8, 4) is 0 Å². The van der Waals surface area contributed by atoms with Gasteiger partial charge in [-0.05, 0) is 42.5 Å². The third kappa shape index (κ3) is 4.57. The Bertz CT molecular complexity index is 1120. The lowest BCUT2D eigenvalue weighted by atomic mass is 10.0. The van der Waals surface area contributed by atoms with Crippen molar-refractivity contribution in [3.05, 3.63) is 76.5 Å². The van der Waals surface area contributed by atoms with Gasteiger partial charge in [-0.15, -0.1) is 0 Å². The van der Waals surface area contributed by atoms with Crippen LogP contribution in [0.1, 0.15) is 22.5 Å². The zero-order valence-corrected chi connectivity index (χ0v) is 17.6. The molecule has 0 saturated carbocycles. The van der Waals surface area contributed by atoms with Crippen molar-refractivity contribution in [2.75, 3.05) is 10.6 Å². The highest BCUT2D eigenvalue weighted by molar-refractivity contribution is 9.10. The molecule has 1 aliphatic heterocycles. The molecule has 0 radical (unpaired) electrons. The molecule has 0 spiro atoms. The van der Waals surface area contributed by atoms with E-state index in [1.807, 2.05) is 24.3 Å². The highest BCUT2D eigenvalue weighted by Crippen LogP contribution is 2.21. The van der Waals surface area contributed by atoms with E-state index in [1.165, 1.54) is 0 Å². The first kappa shape index (κ1) is 19.8. The molecule has 3 aromatic rings. The SMILES string of the molecule is Cn1ccc(C(=O)Nc2ccc(NC(=O)C3CC(c4cccc(Br)c4)=NO3)cc2)n1. The summed E-state index contributed by atoms with van der Waals surface area (Å²) in [6.07, 6.45) is 1.40. The van der Waals surface area contributed by atoms with Crippen LogP contribution in [-0.4, -0.2) is 33.4 Å². The molecular formula is C21H18BrN5O3. The third-order valence-corrected chi connectivity index (χ3v) is 4.97. The van der Waals surface area contributed by atoms with Crippen LogP contribution >= 0.6 is 15.9 Å². The van der Waals surface area contributed by atoms with Crippen molar-refractivity contribution in [1.29, 1.82) is 0 Å². The quantitative estimate of drug-likeness (QED) is 0.599. The van der Waals surface area contributed by atoms with Crippen LogP contribution in [0.5, 0.6) is 0 Å². The number of aryl methyl sites for hydroxylation is 1. The number of oxime groups is 1. The van der Waals surface area contributed by atoms with Crippen LogP contribution in [0, 0.1) is 0 Å². The minimum Gasteiger partial charge on any atom is -0.382 e. The maximum absolute atomic E-state index is 12.5. The number of halogens is 1. The van der Waals surface area contributed by atoms with Crippen LogP contribution in [0.2, 0.25) is 0 Å². The standard InChI is InChI=1S/C21H18BrN5O3/c1-27-10-9-17(25-27)20(28)23-15-5-7-16(8-6-15)24-21(29)19-12-18(26-30-19)13-3-2-4-14(22)11-13/h2-11,19H,12H2,1H3,(H,23,28)(H,24,29). The van der Waals surface area contributed by atoms with Crippen molar-refractivity contribution in [2.45, 2.75) is 12.5 Å². The van der Waals surface area contributed by atoms with Gasteiger partial charge in [0, 0.05) is 41.1 Å². The number of hydrogen-bond donors (Lipinski definition) is 2. The summed E-state index contributed by atoms with van der Waals surface area (Å²) in [5.74, 6) is -0.585. The van der Waals surface area contributed by atoms with Crippen molar-refractivity contribution < 1.29 is 14.4 Å². The number of hydrogen-bond acceptors (Lipinski definition) is 5. The molecule has 2 heterocycles. The number of nitrogens with one attached hydrogen (secondary N) is 2. The number of anilines is 2. The first-order chi connectivity index (χ1) is 14.5. The monoisotopic (exact) mass is 467 g/mol. The van der Waals surface area contributed by atoms with Gasteiger partial charge in [0.1, 0.15) is 0 Å². The average molecular weight is 468 g/mol. The largest absolute Gasteiger partial charge is 0.382 e. The summed E-state index contributed by atoms with van der Waals surface area (Å²) in [4.78, 5) is 30.0. The Balaban J connectivity index is 1.32. The van der Waals surface area contributed by atoms with E-state index >= 15 is 0 Å². The summed E-state index contributed by atoms with van der Waals surface area (Å²) < 4.78 is 2.50. The van der Waals surface area contributed by atoms with Crippen molar-refractivity contribution in [1.82, 2.24) is 9.78 Å². The van der Waals surface area contributed by atoms with Gasteiger partial charge in [0.2, 0.25) is 6.10 Å². The molecule has 2 N–H and O–H groups in total. The maximum Gasteiger partial charge on any atom is 0.276 e. The summed E-state index contributed by atoms with van der Waals surface area (Å²) in [7, 11) is 1.75. The zero-order valence-electron chi connectivity index (χ0n) is 16.0. The molecule has 0 aliphatic carbocycles. The van der Waals surface area contributed by atoms with E-state index in [0.717, 1.165) is 15.7 Å². The molecule has 0 bridgehead atoms. The molecule has 2 aromatic carbocycles. The maximum atomic E-state index is 12.5. The van der Waals surface area contributed by atoms with E-state index in [4.69, 9.17) is 4.84 Å². The average Bonchev–Trinajstić information content (AvgIpc) is 3.39. The number of carbonyl (C=O) groups is 2. The molecule has 4 rings (SSSR count). The van der Waals surface area contributed by atoms with Crippen LogP contribution < -0.4 is 10.6 Å². The number of carbonyl (C=O) groups excluding carboxylic acids is 2. The predicted molar refractivity (Wildman–Crippen MR) is 116 cm³/mol. The lowest BCUT2D eigenvalue weighted by Gasteiger charge is -2.10. The van der Waals surface area contributed by atoms with Gasteiger partial charge >= 0.3 is 0 Å². The molecule has 1 atom stereocenters. The second-order valence-electron chi connectivity index (χ2n) is 6.74. The Morgan fingerprint density at radius 3 is 2.50 bits per heavy atom. The number of nitrogens with zero attached hydrogens (tertiary/aromatic N) is 3. The molecular weight excluding hydrogens is 450 g/mol. The van der Waals surface area contributed by atoms with Gasteiger partial charge in [-0.1, -0.05) is 33.2 Å². The molecule has 1 unspecified atom stereocenters. The van der Waals surface area contributed by atoms with E-state index in [9.17, 15) is 9.59 Å². The minimum absolute atomic E-state index is 0.283. The second-order valence-corrected chi connectivity index (χ2v) is 7.66. The van der Waals surface area contributed by atoms with Crippen LogP contribution in [0.3, 0.4) is 0 Å². The van der Waals surface area contributed by atoms with Crippen LogP contribution in [0.4, 0.5) is 11.4 Å². The number of amides is 2. The van der Waals surface area contributed by atoms with Crippen molar-refractivity contribution in [2.24, 2.45) is 12.2 Å². The summed E-state index contributed by atoms with van der Waals surface area (Å²) in [5, 5.41) is 13.7. The molecule has 0 saturated heterocycles. The fourth-order valence-corrected chi connectivity index (χ4v) is 3.35. The highest BCUT2D eigenvalue weighted by Gasteiger charge is 2.29. The lowest BCUT2D eigenvalue weighted by molar-refractivity contribution is -0.125. The summed E-state index contributed by atoms with van der Waals surface area (Å²) in [6.45, 7) is 0. The Morgan fingerprint density at radius 2 is 1.83 bits per heavy atom. The fraction of sp³-hybridized carbons (Fsp3) is 0.143. The second kappa shape index (κ2) is 8.50. The van der Waals surface area contributed by atoms with Gasteiger partial charge in [-0.3, -0.25) is 14.3 Å². The summed E-state index contributed by atoms with van der Waals surface area (Å²) in [5.41, 5.74) is 3.16. The smallest absolute Gasteiger partial charge is 0.276 e. The fourth-order valence-electron chi connectivity index (χ4n) is 2.95. The minimum atomic E-state index is -0.692. The van der Waals surface area contributed by atoms with Crippen LogP contribution in [0.15, 0.2) is 70.4 Å². The molecule has 0 fully saturated rings. The Labute approximate surface area is 181 Å². The normalized spacial score (nSPS) is 15.3. The molecule has 1 aliphatic rings. The topological polar surface area (TPSA) is 97.6 Å². The Morgan fingerprint density at radius 1 is 1.10 bits per heavy atom. The van der Waals surface area contributed by atoms with E-state index < -0.39 is 6.10 Å². The molecule has 9 heteroatoms. The van der Waals surface area contributed by atoms with E-state index in [0.29, 0.717) is 23.5 Å². The zero-order chi connectivity index (χ0) is 21.1. The number of benzene rings is 2. The Hall–Kier alpha value is -3.46. The van der Waals surface area contributed by atoms with E-state index in [1.54, 1.807) is 48.3 Å². The van der Waals surface area contributed by atoms with E-state index in [2.05, 4.69) is 36.8 Å². The summed E-state index contributed by atoms with van der Waals surface area (Å²) in [6, 6.07) is 16.1. The Kier molecular flexibility index (Phi) is 5.62. The molecule has 152 valence electrons. The van der Waals surface area contributed by atoms with Crippen molar-refractivity contribution in [3.63, 3.8) is 0 Å². The molecule has 30 heavy (non-hydrogen) atoms. The highest BCUT2D eigenvalue weighted by atomic mass is 79.9. The van der Waals surface area contributed by atoms with E-state index in [-0.39, 0.29) is 11.8 Å². The van der Waals surface area contributed by atoms with Crippen molar-refractivity contribution >= 4 is 44.8 Å². The summed E-state index contributed by atoms with van der Waals surface area (Å²) >= 11 is 3.43. The number of rotatable bonds is 5. The van der Waals surface area contributed by atoms with Gasteiger partial charge in [0.15, 0.2) is 5.69 Å². The van der Waals surface area contributed by atoms with Gasteiger partial charge in [-0.2, -0.15) is 5.10 Å². The van der Waals surface area contributed by atoms with Gasteiger partial charge in [0.25, 0.3) is 11.8 Å². The molecule has 2 amide bonds.